The molecule has 1 aromatic heterocycles. The average Bonchev–Trinajstić information content (AvgIpc) is 2.78. The minimum atomic E-state index is -0.641. The molecule has 2 unspecified atom stereocenters. The van der Waals surface area contributed by atoms with Gasteiger partial charge < -0.3 is 5.11 Å². The summed E-state index contributed by atoms with van der Waals surface area (Å²) < 4.78 is 0. The fourth-order valence-corrected chi connectivity index (χ4v) is 2.66. The molecular weight excluding hydrogens is 214 g/mol. The zero-order valence-electron chi connectivity index (χ0n) is 10.2. The molecule has 2 rings (SSSR count). The van der Waals surface area contributed by atoms with Crippen LogP contribution in [0, 0.1) is 11.8 Å². The first-order valence-corrected chi connectivity index (χ1v) is 6.37. The molecule has 1 aromatic rings. The second kappa shape index (κ2) is 5.30. The molecule has 1 aliphatic rings. The number of hydrogen-bond acceptors (Lipinski definition) is 2. The van der Waals surface area contributed by atoms with Gasteiger partial charge in [0, 0.05) is 11.9 Å². The van der Waals surface area contributed by atoms with Gasteiger partial charge in [0.15, 0.2) is 0 Å². The lowest BCUT2D eigenvalue weighted by Crippen LogP contribution is -2.20. The topological polar surface area (TPSA) is 50.2 Å². The minimum Gasteiger partial charge on any atom is -0.481 e. The van der Waals surface area contributed by atoms with Crippen molar-refractivity contribution in [3.8, 4) is 0 Å². The van der Waals surface area contributed by atoms with Crippen LogP contribution in [-0.2, 0) is 17.6 Å². The van der Waals surface area contributed by atoms with E-state index in [9.17, 15) is 4.79 Å². The van der Waals surface area contributed by atoms with Gasteiger partial charge in [0.05, 0.1) is 5.92 Å². The van der Waals surface area contributed by atoms with Crippen molar-refractivity contribution >= 4 is 5.97 Å². The molecule has 1 N–H and O–H groups in total. The van der Waals surface area contributed by atoms with Crippen molar-refractivity contribution < 1.29 is 9.90 Å². The maximum atomic E-state index is 11.1. The van der Waals surface area contributed by atoms with Crippen molar-refractivity contribution in [1.29, 1.82) is 0 Å². The van der Waals surface area contributed by atoms with Gasteiger partial charge in [-0.15, -0.1) is 0 Å². The van der Waals surface area contributed by atoms with Gasteiger partial charge in [-0.25, -0.2) is 0 Å². The van der Waals surface area contributed by atoms with Gasteiger partial charge in [0.2, 0.25) is 0 Å². The lowest BCUT2D eigenvalue weighted by molar-refractivity contribution is -0.142. The number of aliphatic carboxylic acids is 1. The predicted molar refractivity (Wildman–Crippen MR) is 65.8 cm³/mol. The Labute approximate surface area is 102 Å². The number of rotatable bonds is 4. The van der Waals surface area contributed by atoms with E-state index in [2.05, 4.69) is 18.0 Å². The monoisotopic (exact) mass is 233 g/mol. The Morgan fingerprint density at radius 3 is 2.88 bits per heavy atom. The molecule has 17 heavy (non-hydrogen) atoms. The minimum absolute atomic E-state index is 0.164. The smallest absolute Gasteiger partial charge is 0.306 e. The molecule has 1 aliphatic carbocycles. The van der Waals surface area contributed by atoms with E-state index in [4.69, 9.17) is 5.11 Å². The maximum Gasteiger partial charge on any atom is 0.306 e. The molecule has 0 aliphatic heterocycles. The summed E-state index contributed by atoms with van der Waals surface area (Å²) >= 11 is 0. The van der Waals surface area contributed by atoms with Crippen LogP contribution in [-0.4, -0.2) is 16.1 Å². The first kappa shape index (κ1) is 12.1. The molecular formula is C14H19NO2. The van der Waals surface area contributed by atoms with Gasteiger partial charge in [-0.3, -0.25) is 9.78 Å². The van der Waals surface area contributed by atoms with E-state index < -0.39 is 5.97 Å². The van der Waals surface area contributed by atoms with Gasteiger partial charge in [0.25, 0.3) is 0 Å². The standard InChI is InChI=1S/C14H19NO2/c1-2-10-6-7-12(15-9-10)8-11-4-3-5-13(11)14(16)17/h6-7,9,11,13H,2-5,8H2,1H3,(H,16,17). The van der Waals surface area contributed by atoms with Gasteiger partial charge in [-0.2, -0.15) is 0 Å². The van der Waals surface area contributed by atoms with Crippen molar-refractivity contribution in [2.24, 2.45) is 11.8 Å². The number of aromatic nitrogens is 1. The van der Waals surface area contributed by atoms with Crippen molar-refractivity contribution in [1.82, 2.24) is 4.98 Å². The van der Waals surface area contributed by atoms with Crippen LogP contribution in [0.2, 0.25) is 0 Å². The van der Waals surface area contributed by atoms with Crippen molar-refractivity contribution in [3.63, 3.8) is 0 Å². The third-order valence-corrected chi connectivity index (χ3v) is 3.74. The first-order chi connectivity index (χ1) is 8.20. The first-order valence-electron chi connectivity index (χ1n) is 6.37. The number of carboxylic acid groups (broad SMARTS) is 1. The maximum absolute atomic E-state index is 11.1. The SMILES string of the molecule is CCc1ccc(CC2CCCC2C(=O)O)nc1. The third kappa shape index (κ3) is 2.84. The quantitative estimate of drug-likeness (QED) is 0.869. The van der Waals surface area contributed by atoms with E-state index in [1.165, 1.54) is 5.56 Å². The zero-order valence-corrected chi connectivity index (χ0v) is 10.2. The summed E-state index contributed by atoms with van der Waals surface area (Å²) in [6.45, 7) is 2.11. The highest BCUT2D eigenvalue weighted by atomic mass is 16.4. The van der Waals surface area contributed by atoms with Crippen LogP contribution in [0.3, 0.4) is 0 Å². The van der Waals surface area contributed by atoms with E-state index in [1.807, 2.05) is 12.3 Å². The van der Waals surface area contributed by atoms with Crippen molar-refractivity contribution in [2.45, 2.75) is 39.0 Å². The molecule has 1 saturated carbocycles. The molecule has 0 aromatic carbocycles. The van der Waals surface area contributed by atoms with Crippen LogP contribution >= 0.6 is 0 Å². The molecule has 92 valence electrons. The van der Waals surface area contributed by atoms with Crippen LogP contribution in [0.15, 0.2) is 18.3 Å². The lowest BCUT2D eigenvalue weighted by atomic mass is 9.91. The van der Waals surface area contributed by atoms with E-state index in [-0.39, 0.29) is 11.8 Å². The molecule has 3 heteroatoms. The molecule has 3 nitrogen and oxygen atoms in total. The van der Waals surface area contributed by atoms with Crippen molar-refractivity contribution in [3.05, 3.63) is 29.6 Å². The molecule has 0 bridgehead atoms. The fraction of sp³-hybridized carbons (Fsp3) is 0.571. The number of pyridine rings is 1. The molecule has 2 atom stereocenters. The van der Waals surface area contributed by atoms with Crippen LogP contribution in [0.5, 0.6) is 0 Å². The second-order valence-electron chi connectivity index (χ2n) is 4.85. The van der Waals surface area contributed by atoms with Gasteiger partial charge in [0.1, 0.15) is 0 Å². The number of nitrogens with zero attached hydrogens (tertiary/aromatic N) is 1. The van der Waals surface area contributed by atoms with Crippen LogP contribution in [0.4, 0.5) is 0 Å². The summed E-state index contributed by atoms with van der Waals surface area (Å²) in [7, 11) is 0. The Kier molecular flexibility index (Phi) is 3.77. The molecule has 1 heterocycles. The average molecular weight is 233 g/mol. The summed E-state index contributed by atoms with van der Waals surface area (Å²) in [5, 5.41) is 9.12. The Bertz CT molecular complexity index is 386. The Morgan fingerprint density at radius 2 is 2.29 bits per heavy atom. The summed E-state index contributed by atoms with van der Waals surface area (Å²) in [4.78, 5) is 15.5. The number of hydrogen-bond donors (Lipinski definition) is 1. The number of carbonyl (C=O) groups is 1. The van der Waals surface area contributed by atoms with E-state index in [0.29, 0.717) is 0 Å². The summed E-state index contributed by atoms with van der Waals surface area (Å²) in [5.74, 6) is -0.534. The van der Waals surface area contributed by atoms with Gasteiger partial charge in [-0.05, 0) is 43.2 Å². The highest BCUT2D eigenvalue weighted by Gasteiger charge is 2.32. The Balaban J connectivity index is 2.02. The Hall–Kier alpha value is -1.38. The number of carboxylic acids is 1. The van der Waals surface area contributed by atoms with Crippen LogP contribution in [0.1, 0.15) is 37.4 Å². The second-order valence-corrected chi connectivity index (χ2v) is 4.85. The molecule has 0 amide bonds. The summed E-state index contributed by atoms with van der Waals surface area (Å²) in [5.41, 5.74) is 2.26. The largest absolute Gasteiger partial charge is 0.481 e. The van der Waals surface area contributed by atoms with Gasteiger partial charge in [-0.1, -0.05) is 19.4 Å². The van der Waals surface area contributed by atoms with Crippen molar-refractivity contribution in [2.75, 3.05) is 0 Å². The predicted octanol–water partition coefficient (Wildman–Crippen LogP) is 2.69. The molecule has 0 radical (unpaired) electrons. The highest BCUT2D eigenvalue weighted by molar-refractivity contribution is 5.70. The summed E-state index contributed by atoms with van der Waals surface area (Å²) in [6.07, 6.45) is 6.59. The normalized spacial score (nSPS) is 23.8. The van der Waals surface area contributed by atoms with E-state index in [0.717, 1.165) is 37.8 Å². The summed E-state index contributed by atoms with van der Waals surface area (Å²) in [6, 6.07) is 4.13. The molecule has 0 spiro atoms. The molecule has 1 fully saturated rings. The zero-order chi connectivity index (χ0) is 12.3. The number of aryl methyl sites for hydroxylation is 1. The van der Waals surface area contributed by atoms with Crippen LogP contribution < -0.4 is 0 Å². The van der Waals surface area contributed by atoms with Crippen LogP contribution in [0.25, 0.3) is 0 Å². The highest BCUT2D eigenvalue weighted by Crippen LogP contribution is 2.34. The van der Waals surface area contributed by atoms with E-state index >= 15 is 0 Å². The third-order valence-electron chi connectivity index (χ3n) is 3.74. The fourth-order valence-electron chi connectivity index (χ4n) is 2.66. The Morgan fingerprint density at radius 1 is 1.47 bits per heavy atom. The molecule has 0 saturated heterocycles. The lowest BCUT2D eigenvalue weighted by Gasteiger charge is -2.15. The van der Waals surface area contributed by atoms with Gasteiger partial charge >= 0.3 is 5.97 Å². The van der Waals surface area contributed by atoms with E-state index in [1.54, 1.807) is 0 Å².